The summed E-state index contributed by atoms with van der Waals surface area (Å²) >= 11 is 2.63. The van der Waals surface area contributed by atoms with Gasteiger partial charge in [-0.25, -0.2) is 0 Å². The number of nitrogens with one attached hydrogen (secondary N) is 2. The van der Waals surface area contributed by atoms with Gasteiger partial charge in [-0.15, -0.1) is 10.2 Å². The van der Waals surface area contributed by atoms with Crippen molar-refractivity contribution in [2.45, 2.75) is 29.9 Å². The van der Waals surface area contributed by atoms with E-state index in [1.165, 1.54) is 29.2 Å². The maximum absolute atomic E-state index is 13.1. The number of hydrogen-bond donors (Lipinski definition) is 2. The summed E-state index contributed by atoms with van der Waals surface area (Å²) in [5, 5.41) is 25.6. The monoisotopic (exact) mass is 443 g/mol. The first-order valence-electron chi connectivity index (χ1n) is 9.32. The molecule has 0 radical (unpaired) electrons. The summed E-state index contributed by atoms with van der Waals surface area (Å²) in [6, 6.07) is 14.0. The molecule has 1 amide bonds. The molecular formula is C20H21N5O3S2. The molecule has 1 heterocycles. The van der Waals surface area contributed by atoms with Gasteiger partial charge in [0, 0.05) is 12.6 Å². The van der Waals surface area contributed by atoms with Crippen molar-refractivity contribution in [3.63, 3.8) is 0 Å². The Labute approximate surface area is 182 Å². The minimum atomic E-state index is -0.640. The Bertz CT molecular complexity index is 1030. The fraction of sp³-hybridized carbons (Fsp3) is 0.250. The number of benzene rings is 2. The largest absolute Gasteiger partial charge is 0.360 e. The van der Waals surface area contributed by atoms with Crippen molar-refractivity contribution in [2.75, 3.05) is 17.2 Å². The molecule has 10 heteroatoms. The number of aryl methyl sites for hydroxylation is 1. The fourth-order valence-electron chi connectivity index (χ4n) is 2.66. The van der Waals surface area contributed by atoms with Crippen LogP contribution in [-0.4, -0.2) is 27.6 Å². The smallest absolute Gasteiger partial charge is 0.293 e. The summed E-state index contributed by atoms with van der Waals surface area (Å²) in [4.78, 5) is 24.0. The molecular weight excluding hydrogens is 422 g/mol. The summed E-state index contributed by atoms with van der Waals surface area (Å²) in [5.74, 6) is -0.364. The quantitative estimate of drug-likeness (QED) is 0.270. The Balaban J connectivity index is 1.85. The van der Waals surface area contributed by atoms with Gasteiger partial charge in [-0.2, -0.15) is 0 Å². The second-order valence-corrected chi connectivity index (χ2v) is 8.81. The van der Waals surface area contributed by atoms with E-state index >= 15 is 0 Å². The molecule has 156 valence electrons. The first-order valence-corrected chi connectivity index (χ1v) is 11.0. The van der Waals surface area contributed by atoms with Crippen LogP contribution in [0.4, 0.5) is 16.5 Å². The number of nitro benzene ring substituents is 1. The lowest BCUT2D eigenvalue weighted by atomic mass is 10.1. The van der Waals surface area contributed by atoms with Gasteiger partial charge >= 0.3 is 0 Å². The number of nitrogens with zero attached hydrogens (tertiary/aromatic N) is 3. The molecule has 30 heavy (non-hydrogen) atoms. The number of aromatic nitrogens is 2. The molecule has 2 N–H and O–H groups in total. The van der Waals surface area contributed by atoms with Crippen molar-refractivity contribution in [3.05, 3.63) is 69.8 Å². The highest BCUT2D eigenvalue weighted by Crippen LogP contribution is 2.39. The first kappa shape index (κ1) is 21.7. The summed E-state index contributed by atoms with van der Waals surface area (Å²) in [7, 11) is 0. The molecule has 0 aliphatic rings. The molecule has 0 fully saturated rings. The molecule has 3 aromatic rings. The van der Waals surface area contributed by atoms with Crippen molar-refractivity contribution in [1.29, 1.82) is 0 Å². The zero-order chi connectivity index (χ0) is 21.5. The van der Waals surface area contributed by atoms with E-state index in [4.69, 9.17) is 0 Å². The minimum absolute atomic E-state index is 0.137. The summed E-state index contributed by atoms with van der Waals surface area (Å²) in [6.45, 7) is 4.61. The highest BCUT2D eigenvalue weighted by Gasteiger charge is 2.26. The number of carbonyl (C=O) groups excluding carboxylic acids is 1. The van der Waals surface area contributed by atoms with Crippen molar-refractivity contribution in [2.24, 2.45) is 0 Å². The van der Waals surface area contributed by atoms with E-state index in [1.54, 1.807) is 19.1 Å². The standard InChI is InChI=1S/C20H21N5O3S2/c1-3-11-21-19-23-24-20(30-19)29-17(14-7-5-4-6-8-14)18(26)22-15-10-9-13(2)12-16(15)25(27)28/h4-10,12,17H,3,11H2,1-2H3,(H,21,23)(H,22,26). The molecule has 1 atom stereocenters. The van der Waals surface area contributed by atoms with E-state index in [2.05, 4.69) is 27.8 Å². The van der Waals surface area contributed by atoms with E-state index in [1.807, 2.05) is 30.3 Å². The van der Waals surface area contributed by atoms with E-state index in [0.717, 1.165) is 24.1 Å². The van der Waals surface area contributed by atoms with E-state index in [9.17, 15) is 14.9 Å². The van der Waals surface area contributed by atoms with Gasteiger partial charge < -0.3 is 10.6 Å². The van der Waals surface area contributed by atoms with Crippen molar-refractivity contribution in [1.82, 2.24) is 10.2 Å². The number of anilines is 2. The van der Waals surface area contributed by atoms with Crippen LogP contribution in [-0.2, 0) is 4.79 Å². The van der Waals surface area contributed by atoms with Gasteiger partial charge in [0.2, 0.25) is 11.0 Å². The topological polar surface area (TPSA) is 110 Å². The predicted octanol–water partition coefficient (Wildman–Crippen LogP) is 5.05. The highest BCUT2D eigenvalue weighted by molar-refractivity contribution is 8.02. The molecule has 0 aliphatic carbocycles. The lowest BCUT2D eigenvalue weighted by Crippen LogP contribution is -2.19. The van der Waals surface area contributed by atoms with Crippen molar-refractivity contribution in [3.8, 4) is 0 Å². The molecule has 2 aromatic carbocycles. The normalized spacial score (nSPS) is 11.7. The van der Waals surface area contributed by atoms with Crippen LogP contribution < -0.4 is 10.6 Å². The summed E-state index contributed by atoms with van der Waals surface area (Å²) in [6.07, 6.45) is 0.965. The number of hydrogen-bond acceptors (Lipinski definition) is 8. The molecule has 8 nitrogen and oxygen atoms in total. The van der Waals surface area contributed by atoms with Gasteiger partial charge in [0.1, 0.15) is 10.9 Å². The summed E-state index contributed by atoms with van der Waals surface area (Å²) < 4.78 is 0.635. The predicted molar refractivity (Wildman–Crippen MR) is 120 cm³/mol. The molecule has 0 saturated carbocycles. The van der Waals surface area contributed by atoms with Crippen molar-refractivity contribution < 1.29 is 9.72 Å². The average Bonchev–Trinajstić information content (AvgIpc) is 3.19. The third kappa shape index (κ3) is 5.55. The number of amides is 1. The average molecular weight is 444 g/mol. The van der Waals surface area contributed by atoms with Crippen LogP contribution in [0, 0.1) is 17.0 Å². The van der Waals surface area contributed by atoms with Crippen LogP contribution in [0.2, 0.25) is 0 Å². The zero-order valence-corrected chi connectivity index (χ0v) is 18.1. The zero-order valence-electron chi connectivity index (χ0n) is 16.5. The van der Waals surface area contributed by atoms with Crippen LogP contribution in [0.5, 0.6) is 0 Å². The Morgan fingerprint density at radius 1 is 1.23 bits per heavy atom. The Morgan fingerprint density at radius 2 is 2.00 bits per heavy atom. The second kappa shape index (κ2) is 10.2. The maximum atomic E-state index is 13.1. The first-order chi connectivity index (χ1) is 14.5. The molecule has 1 unspecified atom stereocenters. The van der Waals surface area contributed by atoms with Crippen LogP contribution in [0.25, 0.3) is 0 Å². The Morgan fingerprint density at radius 3 is 2.70 bits per heavy atom. The van der Waals surface area contributed by atoms with Gasteiger partial charge in [-0.3, -0.25) is 14.9 Å². The molecule has 0 bridgehead atoms. The lowest BCUT2D eigenvalue weighted by Gasteiger charge is -2.15. The number of carbonyl (C=O) groups is 1. The van der Waals surface area contributed by atoms with E-state index in [-0.39, 0.29) is 17.3 Å². The molecule has 3 rings (SSSR count). The molecule has 0 saturated heterocycles. The number of rotatable bonds is 9. The molecule has 0 spiro atoms. The fourth-order valence-corrected chi connectivity index (χ4v) is 4.63. The van der Waals surface area contributed by atoms with Crippen LogP contribution in [0.3, 0.4) is 0 Å². The minimum Gasteiger partial charge on any atom is -0.360 e. The lowest BCUT2D eigenvalue weighted by molar-refractivity contribution is -0.384. The SMILES string of the molecule is CCCNc1nnc(SC(C(=O)Nc2ccc(C)cc2[N+](=O)[O-])c2ccccc2)s1. The van der Waals surface area contributed by atoms with Crippen LogP contribution >= 0.6 is 23.1 Å². The number of thioether (sulfide) groups is 1. The number of nitro groups is 1. The Kier molecular flexibility index (Phi) is 7.36. The van der Waals surface area contributed by atoms with E-state index in [0.29, 0.717) is 9.47 Å². The van der Waals surface area contributed by atoms with Gasteiger partial charge in [-0.05, 0) is 30.5 Å². The molecule has 0 aliphatic heterocycles. The van der Waals surface area contributed by atoms with Gasteiger partial charge in [0.05, 0.1) is 4.92 Å². The van der Waals surface area contributed by atoms with Gasteiger partial charge in [-0.1, -0.05) is 66.4 Å². The second-order valence-electron chi connectivity index (χ2n) is 6.48. The van der Waals surface area contributed by atoms with Gasteiger partial charge in [0.15, 0.2) is 4.34 Å². The third-order valence-electron chi connectivity index (χ3n) is 4.10. The van der Waals surface area contributed by atoms with Crippen LogP contribution in [0.15, 0.2) is 52.9 Å². The maximum Gasteiger partial charge on any atom is 0.293 e. The molecule has 1 aromatic heterocycles. The van der Waals surface area contributed by atoms with E-state index < -0.39 is 10.2 Å². The third-order valence-corrected chi connectivity index (χ3v) is 6.32. The Hall–Kier alpha value is -2.98. The summed E-state index contributed by atoms with van der Waals surface area (Å²) in [5.41, 5.74) is 1.55. The van der Waals surface area contributed by atoms with Crippen molar-refractivity contribution >= 4 is 45.5 Å². The van der Waals surface area contributed by atoms with Crippen LogP contribution in [0.1, 0.15) is 29.7 Å². The van der Waals surface area contributed by atoms with Gasteiger partial charge in [0.25, 0.3) is 5.69 Å². The highest BCUT2D eigenvalue weighted by atomic mass is 32.2.